The highest BCUT2D eigenvalue weighted by Gasteiger charge is 2.28. The molecule has 0 fully saturated rings. The van der Waals surface area contributed by atoms with Crippen LogP contribution < -0.4 is 11.1 Å². The number of carbonyl (C=O) groups excluding carboxylic acids is 2. The molecule has 10 heteroatoms. The van der Waals surface area contributed by atoms with Crippen molar-refractivity contribution >= 4 is 91.2 Å². The summed E-state index contributed by atoms with van der Waals surface area (Å²) in [5.41, 5.74) is 6.88. The third kappa shape index (κ3) is 3.93. The zero-order valence-electron chi connectivity index (χ0n) is 11.5. The van der Waals surface area contributed by atoms with E-state index in [-0.39, 0.29) is 11.5 Å². The van der Waals surface area contributed by atoms with E-state index in [1.54, 1.807) is 0 Å². The van der Waals surface area contributed by atoms with Crippen LogP contribution in [-0.2, 0) is 4.79 Å². The molecule has 0 aliphatic rings. The summed E-state index contributed by atoms with van der Waals surface area (Å²) in [6, 6.07) is 0. The average Bonchev–Trinajstić information content (AvgIpc) is 2.44. The fourth-order valence-electron chi connectivity index (χ4n) is 1.66. The van der Waals surface area contributed by atoms with Crippen molar-refractivity contribution in [3.63, 3.8) is 0 Å². The minimum absolute atomic E-state index is 0.237. The van der Waals surface area contributed by atoms with E-state index >= 15 is 0 Å². The van der Waals surface area contributed by atoms with Crippen LogP contribution >= 0.6 is 67.8 Å². The predicted molar refractivity (Wildman–Crippen MR) is 107 cm³/mol. The van der Waals surface area contributed by atoms with E-state index in [1.807, 2.05) is 67.8 Å². The molecule has 0 radical (unpaired) electrons. The van der Waals surface area contributed by atoms with E-state index < -0.39 is 18.4 Å². The molecule has 0 spiro atoms. The molecule has 0 aliphatic carbocycles. The Morgan fingerprint density at radius 1 is 1.14 bits per heavy atom. The lowest BCUT2D eigenvalue weighted by Crippen LogP contribution is -2.34. The average molecular weight is 643 g/mol. The monoisotopic (exact) mass is 643 g/mol. The van der Waals surface area contributed by atoms with Gasteiger partial charge in [0.25, 0.3) is 11.8 Å². The van der Waals surface area contributed by atoms with Crippen LogP contribution in [0, 0.1) is 10.7 Å². The van der Waals surface area contributed by atoms with Gasteiger partial charge in [-0.3, -0.25) is 14.4 Å². The van der Waals surface area contributed by atoms with Gasteiger partial charge in [-0.25, -0.2) is 0 Å². The smallest absolute Gasteiger partial charge is 0.323 e. The maximum absolute atomic E-state index is 12.5. The second kappa shape index (κ2) is 7.94. The topological polar surface area (TPSA) is 113 Å². The number of aliphatic carboxylic acids is 1. The molecule has 4 N–H and O–H groups in total. The van der Waals surface area contributed by atoms with Crippen LogP contribution in [0.25, 0.3) is 0 Å². The van der Waals surface area contributed by atoms with Crippen LogP contribution in [0.4, 0.5) is 5.69 Å². The van der Waals surface area contributed by atoms with Gasteiger partial charge < -0.3 is 21.1 Å². The summed E-state index contributed by atoms with van der Waals surface area (Å²) in [6.45, 7) is -0.438. The third-order valence-corrected chi connectivity index (χ3v) is 6.06. The van der Waals surface area contributed by atoms with Gasteiger partial charge in [0.1, 0.15) is 6.54 Å². The number of benzene rings is 1. The molecule has 22 heavy (non-hydrogen) atoms. The van der Waals surface area contributed by atoms with Crippen LogP contribution in [0.2, 0.25) is 0 Å². The Kier molecular flexibility index (Phi) is 7.10. The summed E-state index contributed by atoms with van der Waals surface area (Å²) in [7, 11) is 2.87. The minimum atomic E-state index is -1.12. The lowest BCUT2D eigenvalue weighted by molar-refractivity contribution is -0.137. The number of hydrogen-bond donors (Lipinski definition) is 3. The summed E-state index contributed by atoms with van der Waals surface area (Å²) in [5.74, 6) is -1.97. The van der Waals surface area contributed by atoms with Crippen LogP contribution in [0.1, 0.15) is 20.7 Å². The number of nitrogens with zero attached hydrogens (tertiary/aromatic N) is 1. The van der Waals surface area contributed by atoms with Crippen molar-refractivity contribution in [1.29, 1.82) is 0 Å². The summed E-state index contributed by atoms with van der Waals surface area (Å²) >= 11 is 5.80. The first-order chi connectivity index (χ1) is 10.1. The number of nitrogens with two attached hydrogens (primary N) is 1. The summed E-state index contributed by atoms with van der Waals surface area (Å²) < 4.78 is 1.51. The largest absolute Gasteiger partial charge is 0.480 e. The Bertz CT molecular complexity index is 664. The molecule has 0 atom stereocenters. The Balaban J connectivity index is 3.55. The molecule has 0 saturated heterocycles. The van der Waals surface area contributed by atoms with Gasteiger partial charge in [0.15, 0.2) is 0 Å². The molecule has 0 bridgehead atoms. The summed E-state index contributed by atoms with van der Waals surface area (Å²) in [4.78, 5) is 36.4. The number of nitrogens with one attached hydrogen (secondary N) is 1. The summed E-state index contributed by atoms with van der Waals surface area (Å²) in [5, 5.41) is 11.3. The number of anilines is 1. The first kappa shape index (κ1) is 19.7. The van der Waals surface area contributed by atoms with E-state index in [1.165, 1.54) is 14.1 Å². The molecular formula is C12H12I3N3O4. The van der Waals surface area contributed by atoms with Crippen molar-refractivity contribution in [2.75, 3.05) is 26.4 Å². The molecule has 0 unspecified atom stereocenters. The van der Waals surface area contributed by atoms with Gasteiger partial charge in [-0.1, -0.05) is 0 Å². The van der Waals surface area contributed by atoms with Gasteiger partial charge >= 0.3 is 5.97 Å². The van der Waals surface area contributed by atoms with Crippen LogP contribution in [0.3, 0.4) is 0 Å². The fraction of sp³-hybridized carbons (Fsp3) is 0.250. The number of carboxylic acids is 1. The predicted octanol–water partition coefficient (Wildman–Crippen LogP) is 1.60. The van der Waals surface area contributed by atoms with Crippen molar-refractivity contribution in [2.45, 2.75) is 0 Å². The zero-order valence-corrected chi connectivity index (χ0v) is 18.0. The van der Waals surface area contributed by atoms with Crippen LogP contribution in [-0.4, -0.2) is 48.4 Å². The number of carbonyl (C=O) groups is 3. The van der Waals surface area contributed by atoms with E-state index in [9.17, 15) is 14.4 Å². The van der Waals surface area contributed by atoms with Gasteiger partial charge in [0, 0.05) is 17.7 Å². The fourth-order valence-corrected chi connectivity index (χ4v) is 5.78. The first-order valence-electron chi connectivity index (χ1n) is 5.78. The normalized spacial score (nSPS) is 10.2. The second-order valence-electron chi connectivity index (χ2n) is 4.24. The van der Waals surface area contributed by atoms with Crippen molar-refractivity contribution < 1.29 is 19.5 Å². The first-order valence-corrected chi connectivity index (χ1v) is 9.02. The molecule has 1 rings (SSSR count). The molecule has 0 heterocycles. The van der Waals surface area contributed by atoms with Crippen LogP contribution in [0.15, 0.2) is 0 Å². The lowest BCUT2D eigenvalue weighted by atomic mass is 10.1. The van der Waals surface area contributed by atoms with Gasteiger partial charge in [0.2, 0.25) is 0 Å². The molecule has 0 aliphatic heterocycles. The molecule has 2 amide bonds. The molecule has 0 saturated carbocycles. The number of hydrogen-bond acceptors (Lipinski definition) is 4. The highest BCUT2D eigenvalue weighted by atomic mass is 127. The van der Waals surface area contributed by atoms with E-state index in [4.69, 9.17) is 10.8 Å². The van der Waals surface area contributed by atoms with E-state index in [0.29, 0.717) is 22.0 Å². The highest BCUT2D eigenvalue weighted by Crippen LogP contribution is 2.34. The molecule has 120 valence electrons. The maximum Gasteiger partial charge on any atom is 0.323 e. The van der Waals surface area contributed by atoms with E-state index in [0.717, 1.165) is 4.90 Å². The maximum atomic E-state index is 12.5. The Morgan fingerprint density at radius 2 is 1.64 bits per heavy atom. The van der Waals surface area contributed by atoms with Gasteiger partial charge in [0.05, 0.1) is 24.0 Å². The number of rotatable bonds is 4. The second-order valence-corrected chi connectivity index (χ2v) is 7.48. The molecule has 1 aromatic carbocycles. The van der Waals surface area contributed by atoms with Crippen molar-refractivity contribution in [2.24, 2.45) is 0 Å². The third-order valence-electron chi connectivity index (χ3n) is 2.74. The van der Waals surface area contributed by atoms with Gasteiger partial charge in [-0.05, 0) is 67.8 Å². The SMILES string of the molecule is CNC(=O)c1c(I)c(N)c(I)c(C(=O)N(C)CC(=O)O)c1I. The molecule has 7 nitrogen and oxygen atoms in total. The number of carboxylic acid groups (broad SMARTS) is 1. The number of nitrogen functional groups attached to an aromatic ring is 1. The number of likely N-dealkylation sites (N-methyl/N-ethyl adjacent to an activating group) is 1. The van der Waals surface area contributed by atoms with E-state index in [2.05, 4.69) is 5.32 Å². The van der Waals surface area contributed by atoms with Crippen molar-refractivity contribution in [3.8, 4) is 0 Å². The number of amides is 2. The minimum Gasteiger partial charge on any atom is -0.480 e. The Morgan fingerprint density at radius 3 is 2.09 bits per heavy atom. The lowest BCUT2D eigenvalue weighted by Gasteiger charge is -2.20. The zero-order chi connectivity index (χ0) is 17.2. The van der Waals surface area contributed by atoms with Gasteiger partial charge in [-0.2, -0.15) is 0 Å². The molecule has 1 aromatic rings. The standard InChI is InChI=1S/C12H12I3N3O4/c1-17-11(21)5-7(13)6(9(15)10(16)8(5)14)12(22)18(2)3-4(19)20/h3,16H2,1-2H3,(H,17,21)(H,19,20). The van der Waals surface area contributed by atoms with Crippen molar-refractivity contribution in [1.82, 2.24) is 10.2 Å². The Labute approximate surface area is 167 Å². The van der Waals surface area contributed by atoms with Crippen molar-refractivity contribution in [3.05, 3.63) is 21.8 Å². The van der Waals surface area contributed by atoms with Crippen LogP contribution in [0.5, 0.6) is 0 Å². The highest BCUT2D eigenvalue weighted by molar-refractivity contribution is 14.1. The molecule has 0 aromatic heterocycles. The quantitative estimate of drug-likeness (QED) is 0.341. The van der Waals surface area contributed by atoms with Gasteiger partial charge in [-0.15, -0.1) is 0 Å². The number of halogens is 3. The Hall–Kier alpha value is -0.380. The summed E-state index contributed by atoms with van der Waals surface area (Å²) in [6.07, 6.45) is 0. The molecular weight excluding hydrogens is 631 g/mol.